The number of halogens is 1. The van der Waals surface area contributed by atoms with Gasteiger partial charge in [0.05, 0.1) is 10.6 Å². The van der Waals surface area contributed by atoms with Crippen molar-refractivity contribution in [1.29, 1.82) is 0 Å². The molecular weight excluding hydrogens is 488 g/mol. The van der Waals surface area contributed by atoms with E-state index in [1.165, 1.54) is 35.2 Å². The van der Waals surface area contributed by atoms with Gasteiger partial charge in [0.1, 0.15) is 6.54 Å². The zero-order valence-electron chi connectivity index (χ0n) is 18.0. The predicted molar refractivity (Wildman–Crippen MR) is 131 cm³/mol. The fourth-order valence-electron chi connectivity index (χ4n) is 2.83. The maximum atomic E-state index is 13.5. The van der Waals surface area contributed by atoms with Crippen molar-refractivity contribution in [2.24, 2.45) is 0 Å². The summed E-state index contributed by atoms with van der Waals surface area (Å²) in [6, 6.07) is 11.3. The van der Waals surface area contributed by atoms with Crippen molar-refractivity contribution >= 4 is 61.4 Å². The highest BCUT2D eigenvalue weighted by Gasteiger charge is 2.28. The second kappa shape index (κ2) is 10.2. The Morgan fingerprint density at radius 2 is 1.84 bits per heavy atom. The minimum atomic E-state index is -4.01. The number of benzene rings is 2. The van der Waals surface area contributed by atoms with Gasteiger partial charge in [-0.2, -0.15) is 0 Å². The molecule has 0 aliphatic rings. The van der Waals surface area contributed by atoms with Crippen LogP contribution in [0.15, 0.2) is 51.7 Å². The van der Waals surface area contributed by atoms with Crippen molar-refractivity contribution in [3.63, 3.8) is 0 Å². The molecule has 0 radical (unpaired) electrons. The van der Waals surface area contributed by atoms with E-state index in [2.05, 4.69) is 15.5 Å². The highest BCUT2D eigenvalue weighted by Crippen LogP contribution is 2.30. The lowest BCUT2D eigenvalue weighted by Gasteiger charge is -2.25. The van der Waals surface area contributed by atoms with Crippen molar-refractivity contribution in [2.75, 3.05) is 16.2 Å². The number of sulfonamides is 1. The highest BCUT2D eigenvalue weighted by molar-refractivity contribution is 8.01. The van der Waals surface area contributed by atoms with Crippen LogP contribution < -0.4 is 9.62 Å². The van der Waals surface area contributed by atoms with Crippen molar-refractivity contribution in [1.82, 2.24) is 10.2 Å². The van der Waals surface area contributed by atoms with Gasteiger partial charge in [0.25, 0.3) is 10.0 Å². The maximum absolute atomic E-state index is 13.5. The monoisotopic (exact) mass is 510 g/mol. The first-order chi connectivity index (χ1) is 15.1. The fourth-order valence-corrected chi connectivity index (χ4v) is 6.54. The van der Waals surface area contributed by atoms with Gasteiger partial charge in [-0.25, -0.2) is 8.42 Å². The number of amides is 1. The van der Waals surface area contributed by atoms with Gasteiger partial charge in [-0.15, -0.1) is 10.2 Å². The molecule has 0 fully saturated rings. The summed E-state index contributed by atoms with van der Waals surface area (Å²) in [4.78, 5) is 12.9. The van der Waals surface area contributed by atoms with Crippen LogP contribution in [0.1, 0.15) is 25.0 Å². The molecule has 2 aromatic carbocycles. The topological polar surface area (TPSA) is 92.3 Å². The molecule has 11 heteroatoms. The Hall–Kier alpha value is -2.14. The van der Waals surface area contributed by atoms with E-state index >= 15 is 0 Å². The molecule has 0 saturated carbocycles. The third kappa shape index (κ3) is 6.00. The van der Waals surface area contributed by atoms with E-state index in [9.17, 15) is 13.2 Å². The zero-order valence-corrected chi connectivity index (χ0v) is 21.2. The first-order valence-electron chi connectivity index (χ1n) is 9.72. The number of hydrogen-bond donors (Lipinski definition) is 1. The molecule has 0 spiro atoms. The summed E-state index contributed by atoms with van der Waals surface area (Å²) >= 11 is 8.84. The molecule has 3 aromatic rings. The van der Waals surface area contributed by atoms with Crippen molar-refractivity contribution in [3.05, 3.63) is 58.6 Å². The SMILES string of the molecule is Cc1ccc(S(=O)(=O)N(CC(=O)Nc2nnc(SC(C)C)s2)c2ccc(Cl)cc2C)cc1. The largest absolute Gasteiger partial charge is 0.299 e. The Labute approximate surface area is 201 Å². The van der Waals surface area contributed by atoms with Gasteiger partial charge in [0, 0.05) is 10.3 Å². The third-order valence-corrected chi connectivity index (χ3v) is 8.25. The first-order valence-corrected chi connectivity index (χ1v) is 13.2. The Morgan fingerprint density at radius 1 is 1.16 bits per heavy atom. The van der Waals surface area contributed by atoms with E-state index in [-0.39, 0.29) is 4.90 Å². The summed E-state index contributed by atoms with van der Waals surface area (Å²) in [5, 5.41) is 11.8. The number of carbonyl (C=O) groups is 1. The number of rotatable bonds is 8. The summed E-state index contributed by atoms with van der Waals surface area (Å²) in [7, 11) is -4.01. The average Bonchev–Trinajstić information content (AvgIpc) is 3.12. The summed E-state index contributed by atoms with van der Waals surface area (Å²) in [6.07, 6.45) is 0. The molecule has 0 atom stereocenters. The lowest BCUT2D eigenvalue weighted by atomic mass is 10.2. The van der Waals surface area contributed by atoms with Gasteiger partial charge >= 0.3 is 0 Å². The molecule has 0 unspecified atom stereocenters. The van der Waals surface area contributed by atoms with Crippen molar-refractivity contribution in [2.45, 2.75) is 42.2 Å². The van der Waals surface area contributed by atoms with E-state index < -0.39 is 22.5 Å². The van der Waals surface area contributed by atoms with Crippen LogP contribution >= 0.6 is 34.7 Å². The fraction of sp³-hybridized carbons (Fsp3) is 0.286. The molecule has 1 heterocycles. The normalized spacial score (nSPS) is 11.6. The Morgan fingerprint density at radius 3 is 2.47 bits per heavy atom. The van der Waals surface area contributed by atoms with E-state index in [1.807, 2.05) is 20.8 Å². The number of nitrogens with one attached hydrogen (secondary N) is 1. The van der Waals surface area contributed by atoms with Crippen LogP contribution in [0.4, 0.5) is 10.8 Å². The van der Waals surface area contributed by atoms with Crippen molar-refractivity contribution < 1.29 is 13.2 Å². The molecule has 170 valence electrons. The van der Waals surface area contributed by atoms with Crippen LogP contribution in [-0.4, -0.2) is 36.3 Å². The number of aryl methyl sites for hydroxylation is 2. The number of anilines is 2. The van der Waals surface area contributed by atoms with Gasteiger partial charge in [0.15, 0.2) is 4.34 Å². The number of carbonyl (C=O) groups excluding carboxylic acids is 1. The average molecular weight is 511 g/mol. The molecule has 1 aromatic heterocycles. The van der Waals surface area contributed by atoms with E-state index in [1.54, 1.807) is 37.3 Å². The Balaban J connectivity index is 1.91. The van der Waals surface area contributed by atoms with Gasteiger partial charge in [-0.1, -0.05) is 66.2 Å². The molecule has 3 rings (SSSR count). The van der Waals surface area contributed by atoms with Crippen LogP contribution in [0.2, 0.25) is 5.02 Å². The number of thioether (sulfide) groups is 1. The maximum Gasteiger partial charge on any atom is 0.264 e. The third-order valence-electron chi connectivity index (χ3n) is 4.31. The number of aromatic nitrogens is 2. The molecule has 0 aliphatic carbocycles. The van der Waals surface area contributed by atoms with Gasteiger partial charge in [-0.05, 0) is 49.7 Å². The minimum absolute atomic E-state index is 0.0942. The second-order valence-corrected chi connectivity index (χ2v) is 12.4. The summed E-state index contributed by atoms with van der Waals surface area (Å²) in [5.41, 5.74) is 1.94. The molecule has 0 bridgehead atoms. The van der Waals surface area contributed by atoms with Gasteiger partial charge < -0.3 is 0 Å². The van der Waals surface area contributed by atoms with Crippen LogP contribution in [0.3, 0.4) is 0 Å². The molecule has 7 nitrogen and oxygen atoms in total. The lowest BCUT2D eigenvalue weighted by molar-refractivity contribution is -0.114. The van der Waals surface area contributed by atoms with E-state index in [0.29, 0.717) is 26.7 Å². The molecule has 0 aliphatic heterocycles. The Bertz CT molecular complexity index is 1210. The predicted octanol–water partition coefficient (Wildman–Crippen LogP) is 5.14. The van der Waals surface area contributed by atoms with E-state index in [0.717, 1.165) is 14.2 Å². The van der Waals surface area contributed by atoms with Gasteiger partial charge in [0.2, 0.25) is 11.0 Å². The summed E-state index contributed by atoms with van der Waals surface area (Å²) < 4.78 is 28.8. The van der Waals surface area contributed by atoms with Crippen LogP contribution in [0.25, 0.3) is 0 Å². The minimum Gasteiger partial charge on any atom is -0.299 e. The summed E-state index contributed by atoms with van der Waals surface area (Å²) in [6.45, 7) is 7.26. The molecule has 1 N–H and O–H groups in total. The number of hydrogen-bond acceptors (Lipinski definition) is 7. The van der Waals surface area contributed by atoms with Crippen molar-refractivity contribution in [3.8, 4) is 0 Å². The van der Waals surface area contributed by atoms with E-state index in [4.69, 9.17) is 11.6 Å². The molecule has 1 amide bonds. The van der Waals surface area contributed by atoms with Gasteiger partial charge in [-0.3, -0.25) is 14.4 Å². The zero-order chi connectivity index (χ0) is 23.5. The highest BCUT2D eigenvalue weighted by atomic mass is 35.5. The standard InChI is InChI=1S/C21H23ClN4O3S3/c1-13(2)30-21-25-24-20(31-21)23-19(27)12-26(18-10-7-16(22)11-15(18)4)32(28,29)17-8-5-14(3)6-9-17/h5-11,13H,12H2,1-4H3,(H,23,24,27). The second-order valence-electron chi connectivity index (χ2n) is 7.34. The Kier molecular flexibility index (Phi) is 7.81. The molecular formula is C21H23ClN4O3S3. The lowest BCUT2D eigenvalue weighted by Crippen LogP contribution is -2.38. The van der Waals surface area contributed by atoms with Crippen LogP contribution in [0.5, 0.6) is 0 Å². The van der Waals surface area contributed by atoms with Crippen LogP contribution in [-0.2, 0) is 14.8 Å². The quantitative estimate of drug-likeness (QED) is 0.333. The molecule has 32 heavy (non-hydrogen) atoms. The first kappa shape index (κ1) is 24.5. The summed E-state index contributed by atoms with van der Waals surface area (Å²) in [5.74, 6) is -0.521. The van der Waals surface area contributed by atoms with Crippen LogP contribution in [0, 0.1) is 13.8 Å². The smallest absolute Gasteiger partial charge is 0.264 e. The molecule has 0 saturated heterocycles. The number of nitrogens with zero attached hydrogens (tertiary/aromatic N) is 3.